The van der Waals surface area contributed by atoms with E-state index in [0.717, 1.165) is 5.69 Å². The van der Waals surface area contributed by atoms with Gasteiger partial charge in [0.1, 0.15) is 5.56 Å². The molecular formula is C20H27N3O6. The summed E-state index contributed by atoms with van der Waals surface area (Å²) in [7, 11) is 0. The van der Waals surface area contributed by atoms with E-state index in [1.807, 2.05) is 4.90 Å². The number of carboxylic acid groups (broad SMARTS) is 1. The van der Waals surface area contributed by atoms with E-state index in [1.54, 1.807) is 24.8 Å². The van der Waals surface area contributed by atoms with Crippen LogP contribution in [0.2, 0.25) is 0 Å². The van der Waals surface area contributed by atoms with Gasteiger partial charge >= 0.3 is 0 Å². The van der Waals surface area contributed by atoms with E-state index in [1.165, 1.54) is 0 Å². The molecule has 3 atom stereocenters. The van der Waals surface area contributed by atoms with Crippen LogP contribution in [0.3, 0.4) is 0 Å². The number of hydrogen-bond donors (Lipinski definition) is 2. The normalized spacial score (nSPS) is 27.6. The van der Waals surface area contributed by atoms with E-state index in [-0.39, 0.29) is 47.9 Å². The van der Waals surface area contributed by atoms with Crippen molar-refractivity contribution in [2.24, 2.45) is 5.92 Å². The molecule has 29 heavy (non-hydrogen) atoms. The number of nitrogens with zero attached hydrogens (tertiary/aromatic N) is 2. The fourth-order valence-electron chi connectivity index (χ4n) is 4.88. The van der Waals surface area contributed by atoms with Crippen molar-refractivity contribution in [2.75, 3.05) is 13.2 Å². The van der Waals surface area contributed by atoms with Crippen molar-refractivity contribution in [1.29, 1.82) is 0 Å². The number of ether oxygens (including phenoxy) is 1. The molecule has 1 aromatic rings. The lowest BCUT2D eigenvalue weighted by Gasteiger charge is -2.34. The molecule has 9 heteroatoms. The van der Waals surface area contributed by atoms with Gasteiger partial charge in [-0.05, 0) is 31.4 Å². The largest absolute Gasteiger partial charge is 0.483 e. The lowest BCUT2D eigenvalue weighted by molar-refractivity contribution is -0.139. The number of pyridine rings is 1. The molecule has 3 aliphatic rings. The van der Waals surface area contributed by atoms with Crippen molar-refractivity contribution in [3.8, 4) is 0 Å². The highest BCUT2D eigenvalue weighted by Crippen LogP contribution is 2.49. The summed E-state index contributed by atoms with van der Waals surface area (Å²) in [5.41, 5.74) is 0.459. The molecule has 1 spiro atoms. The van der Waals surface area contributed by atoms with Crippen molar-refractivity contribution >= 4 is 18.3 Å². The van der Waals surface area contributed by atoms with Crippen LogP contribution >= 0.6 is 0 Å². The van der Waals surface area contributed by atoms with Gasteiger partial charge in [0.25, 0.3) is 17.9 Å². The first-order valence-corrected chi connectivity index (χ1v) is 9.73. The third kappa shape index (κ3) is 3.23. The monoisotopic (exact) mass is 405 g/mol. The number of nitrogens with one attached hydrogen (secondary N) is 1. The molecule has 0 unspecified atom stereocenters. The molecule has 158 valence electrons. The van der Waals surface area contributed by atoms with Crippen LogP contribution in [-0.4, -0.2) is 69.1 Å². The molecule has 4 rings (SSSR count). The smallest absolute Gasteiger partial charge is 0.290 e. The third-order valence-corrected chi connectivity index (χ3v) is 6.10. The molecule has 0 aliphatic carbocycles. The first kappa shape index (κ1) is 21.0. The molecule has 2 N–H and O–H groups in total. The second-order valence-electron chi connectivity index (χ2n) is 8.14. The SMILES string of the molecule is Cc1cc(C)c(C(=O)N2CC[C@@]34OC[C@@H](C(C)C)N3C(=O)C[C@@H]24)c(=O)[nH]1.O=CO. The second kappa shape index (κ2) is 7.62. The minimum absolute atomic E-state index is 0.0400. The number of carbonyl (C=O) groups excluding carboxylic acids is 2. The predicted molar refractivity (Wildman–Crippen MR) is 103 cm³/mol. The predicted octanol–water partition coefficient (Wildman–Crippen LogP) is 0.890. The number of aryl methyl sites for hydroxylation is 2. The number of aromatic amines is 1. The van der Waals surface area contributed by atoms with Crippen LogP contribution in [0, 0.1) is 19.8 Å². The highest BCUT2D eigenvalue weighted by Gasteiger charge is 2.65. The Bertz CT molecular complexity index is 895. The van der Waals surface area contributed by atoms with E-state index >= 15 is 0 Å². The standard InChI is InChI=1S/C19H25N3O4.CH2O2/c1-10(2)13-9-26-19-5-6-21(14(19)8-15(23)22(13)19)18(25)16-11(3)7-12(4)20-17(16)24;2-1-3/h7,10,13-14H,5-6,8-9H2,1-4H3,(H,20,24);1H,(H,2,3)/t13-,14+,19-;/m0./s1. The Morgan fingerprint density at radius 3 is 2.62 bits per heavy atom. The molecular weight excluding hydrogens is 378 g/mol. The Morgan fingerprint density at radius 1 is 1.38 bits per heavy atom. The van der Waals surface area contributed by atoms with E-state index in [4.69, 9.17) is 14.6 Å². The molecule has 1 aromatic heterocycles. The number of H-pyrrole nitrogens is 1. The Labute approximate surface area is 168 Å². The summed E-state index contributed by atoms with van der Waals surface area (Å²) in [4.78, 5) is 52.9. The van der Waals surface area contributed by atoms with Crippen molar-refractivity contribution in [1.82, 2.24) is 14.8 Å². The minimum Gasteiger partial charge on any atom is -0.483 e. The number of carbonyl (C=O) groups is 3. The van der Waals surface area contributed by atoms with Crippen LogP contribution in [0.4, 0.5) is 0 Å². The van der Waals surface area contributed by atoms with Gasteiger partial charge < -0.3 is 24.6 Å². The number of rotatable bonds is 2. The van der Waals surface area contributed by atoms with Crippen LogP contribution < -0.4 is 5.56 Å². The lowest BCUT2D eigenvalue weighted by atomic mass is 10.0. The summed E-state index contributed by atoms with van der Waals surface area (Å²) >= 11 is 0. The number of aromatic nitrogens is 1. The zero-order valence-electron chi connectivity index (χ0n) is 17.1. The maximum Gasteiger partial charge on any atom is 0.290 e. The summed E-state index contributed by atoms with van der Waals surface area (Å²) in [6.07, 6.45) is 0.860. The molecule has 3 aliphatic heterocycles. The second-order valence-corrected chi connectivity index (χ2v) is 8.14. The minimum atomic E-state index is -0.715. The summed E-state index contributed by atoms with van der Waals surface area (Å²) in [5, 5.41) is 6.89. The van der Waals surface area contributed by atoms with Crippen LogP contribution in [-0.2, 0) is 14.3 Å². The molecule has 3 fully saturated rings. The average Bonchev–Trinajstić information content (AvgIpc) is 3.23. The zero-order chi connectivity index (χ0) is 21.5. The van der Waals surface area contributed by atoms with Gasteiger partial charge in [-0.2, -0.15) is 0 Å². The van der Waals surface area contributed by atoms with Gasteiger partial charge in [-0.1, -0.05) is 13.8 Å². The first-order chi connectivity index (χ1) is 13.7. The van der Waals surface area contributed by atoms with E-state index in [0.29, 0.717) is 31.1 Å². The Kier molecular flexibility index (Phi) is 5.53. The molecule has 0 radical (unpaired) electrons. The van der Waals surface area contributed by atoms with Gasteiger partial charge in [-0.25, -0.2) is 0 Å². The topological polar surface area (TPSA) is 120 Å². The maximum absolute atomic E-state index is 13.2. The number of amides is 2. The third-order valence-electron chi connectivity index (χ3n) is 6.10. The molecule has 3 saturated heterocycles. The highest BCUT2D eigenvalue weighted by molar-refractivity contribution is 5.96. The van der Waals surface area contributed by atoms with E-state index < -0.39 is 5.72 Å². The molecule has 4 heterocycles. The molecule has 0 saturated carbocycles. The average molecular weight is 405 g/mol. The first-order valence-electron chi connectivity index (χ1n) is 9.73. The van der Waals surface area contributed by atoms with Crippen molar-refractivity contribution in [2.45, 2.75) is 58.3 Å². The van der Waals surface area contributed by atoms with Gasteiger partial charge in [-0.3, -0.25) is 19.2 Å². The van der Waals surface area contributed by atoms with Crippen molar-refractivity contribution < 1.29 is 24.2 Å². The molecule has 0 bridgehead atoms. The summed E-state index contributed by atoms with van der Waals surface area (Å²) < 4.78 is 6.15. The van der Waals surface area contributed by atoms with Crippen LogP contribution in [0.25, 0.3) is 0 Å². The quantitative estimate of drug-likeness (QED) is 0.705. The highest BCUT2D eigenvalue weighted by atomic mass is 16.5. The maximum atomic E-state index is 13.2. The van der Waals surface area contributed by atoms with Gasteiger partial charge in [0, 0.05) is 18.7 Å². The fourth-order valence-corrected chi connectivity index (χ4v) is 4.88. The fraction of sp³-hybridized carbons (Fsp3) is 0.600. The van der Waals surface area contributed by atoms with E-state index in [9.17, 15) is 14.4 Å². The number of hydrogen-bond acceptors (Lipinski definition) is 5. The Morgan fingerprint density at radius 2 is 2.03 bits per heavy atom. The molecule has 2 amide bonds. The molecule has 9 nitrogen and oxygen atoms in total. The zero-order valence-corrected chi connectivity index (χ0v) is 17.1. The van der Waals surface area contributed by atoms with Crippen LogP contribution in [0.1, 0.15) is 48.3 Å². The summed E-state index contributed by atoms with van der Waals surface area (Å²) in [5.74, 6) is 0.0270. The van der Waals surface area contributed by atoms with E-state index in [2.05, 4.69) is 18.8 Å². The Hall–Kier alpha value is -2.68. The number of likely N-dealkylation sites (tertiary alicyclic amines) is 1. The van der Waals surface area contributed by atoms with Gasteiger partial charge in [-0.15, -0.1) is 0 Å². The van der Waals surface area contributed by atoms with Crippen LogP contribution in [0.5, 0.6) is 0 Å². The van der Waals surface area contributed by atoms with Gasteiger partial charge in [0.05, 0.1) is 25.1 Å². The van der Waals surface area contributed by atoms with Crippen molar-refractivity contribution in [3.05, 3.63) is 33.2 Å². The lowest BCUT2D eigenvalue weighted by Crippen LogP contribution is -2.51. The summed E-state index contributed by atoms with van der Waals surface area (Å²) in [6.45, 7) is 8.48. The van der Waals surface area contributed by atoms with Crippen molar-refractivity contribution in [3.63, 3.8) is 0 Å². The van der Waals surface area contributed by atoms with Gasteiger partial charge in [0.2, 0.25) is 5.91 Å². The molecule has 0 aromatic carbocycles. The van der Waals surface area contributed by atoms with Gasteiger partial charge in [0.15, 0.2) is 5.72 Å². The summed E-state index contributed by atoms with van der Waals surface area (Å²) in [6, 6.07) is 1.52. The Balaban J connectivity index is 0.000000755. The van der Waals surface area contributed by atoms with Crippen LogP contribution in [0.15, 0.2) is 10.9 Å².